The predicted molar refractivity (Wildman–Crippen MR) is 416 cm³/mol. The summed E-state index contributed by atoms with van der Waals surface area (Å²) in [6.07, 6.45) is 4.86. The van der Waals surface area contributed by atoms with Gasteiger partial charge in [-0.3, -0.25) is 62.5 Å². The summed E-state index contributed by atoms with van der Waals surface area (Å²) < 4.78 is 23.9. The third-order valence-electron chi connectivity index (χ3n) is 21.6. The van der Waals surface area contributed by atoms with Crippen molar-refractivity contribution >= 4 is 100 Å². The summed E-state index contributed by atoms with van der Waals surface area (Å²) in [6.45, 7) is 13.5. The third-order valence-corrected chi connectivity index (χ3v) is 22.5. The lowest BCUT2D eigenvalue weighted by atomic mass is 9.89. The Balaban J connectivity index is 1.05. The Morgan fingerprint density at radius 2 is 1.49 bits per heavy atom. The van der Waals surface area contributed by atoms with Gasteiger partial charge in [-0.15, -0.1) is 11.3 Å². The van der Waals surface area contributed by atoms with E-state index in [0.29, 0.717) is 62.6 Å². The Morgan fingerprint density at radius 1 is 0.779 bits per heavy atom. The summed E-state index contributed by atoms with van der Waals surface area (Å²) in [7, 11) is 6.12. The zero-order valence-electron chi connectivity index (χ0n) is 66.8. The number of carboxylic acids is 1. The SMILES string of the molecule is CC[C@H](C)[C@@H]([C@@H](CC(=O)N1CCC[C@H]1[C@H](OC)[C@@H](C)C(=O)N[C@@H](Cc1ccccc1)c1nccs1)OC)N(C)C(=O)[C@@H](NC(=O)[C@@H]1[C@H]2CC[C@H](C2)N1C(=O)OCc1ccc(NC(=O)[C@H](CCCNC(N)=O)NC(=O)[C@@H](NC(=O)CCOCCN2C(=O)C=CC2=O)C(C)C)cc1CN(C)C(=O)CC[C@@H](NC(C)=O)C(=O)O)C(C)C. The van der Waals surface area contributed by atoms with E-state index >= 15 is 9.59 Å². The Kier molecular flexibility index (Phi) is 34.6. The number of thiazole rings is 1. The monoisotopic (exact) mass is 1590 g/mol. The van der Waals surface area contributed by atoms with Crippen molar-refractivity contribution in [1.29, 1.82) is 0 Å². The first-order chi connectivity index (χ1) is 53.8. The fourth-order valence-corrected chi connectivity index (χ4v) is 16.0. The van der Waals surface area contributed by atoms with Gasteiger partial charge in [-0.2, -0.15) is 0 Å². The van der Waals surface area contributed by atoms with E-state index in [1.165, 1.54) is 47.4 Å². The molecule has 2 saturated heterocycles. The first-order valence-corrected chi connectivity index (χ1v) is 39.7. The van der Waals surface area contributed by atoms with E-state index in [-0.39, 0.29) is 101 Å². The van der Waals surface area contributed by atoms with E-state index in [1.54, 1.807) is 70.8 Å². The number of hydrogen-bond donors (Lipinski definition) is 9. The average Bonchev–Trinajstić information content (AvgIpc) is 1.62. The predicted octanol–water partition coefficient (Wildman–Crippen LogP) is 4.47. The number of anilines is 1. The molecule has 2 aromatic carbocycles. The molecule has 4 heterocycles. The van der Waals surface area contributed by atoms with Gasteiger partial charge in [-0.05, 0) is 110 Å². The number of nitrogens with one attached hydrogen (secondary N) is 7. The first-order valence-electron chi connectivity index (χ1n) is 38.8. The summed E-state index contributed by atoms with van der Waals surface area (Å²) >= 11 is 1.45. The van der Waals surface area contributed by atoms with Gasteiger partial charge in [0.2, 0.25) is 53.2 Å². The quantitative estimate of drug-likeness (QED) is 0.0278. The molecule has 33 nitrogen and oxygen atoms in total. The second kappa shape index (κ2) is 43.4. The van der Waals surface area contributed by atoms with Crippen molar-refractivity contribution in [3.8, 4) is 0 Å². The molecule has 113 heavy (non-hydrogen) atoms. The highest BCUT2D eigenvalue weighted by atomic mass is 32.1. The minimum absolute atomic E-state index is 0.0170. The minimum atomic E-state index is -1.38. The topological polar surface area (TPSA) is 435 Å². The number of benzene rings is 2. The summed E-state index contributed by atoms with van der Waals surface area (Å²) in [6, 6.07) is 5.62. The average molecular weight is 1600 g/mol. The van der Waals surface area contributed by atoms with Gasteiger partial charge in [0.1, 0.15) is 41.8 Å². The maximum absolute atomic E-state index is 15.2. The van der Waals surface area contributed by atoms with Crippen LogP contribution in [0.1, 0.15) is 160 Å². The lowest BCUT2D eigenvalue weighted by molar-refractivity contribution is -0.148. The largest absolute Gasteiger partial charge is 0.480 e. The van der Waals surface area contributed by atoms with E-state index in [0.717, 1.165) is 34.5 Å². The fraction of sp³-hybridized carbons (Fsp3) is 0.608. The molecule has 1 aromatic heterocycles. The number of nitrogens with two attached hydrogens (primary N) is 1. The lowest BCUT2D eigenvalue weighted by Gasteiger charge is -2.41. The minimum Gasteiger partial charge on any atom is -0.480 e. The number of ether oxygens (including phenoxy) is 4. The van der Waals surface area contributed by atoms with Crippen molar-refractivity contribution in [3.05, 3.63) is 94.0 Å². The van der Waals surface area contributed by atoms with Crippen LogP contribution in [0.25, 0.3) is 0 Å². The van der Waals surface area contributed by atoms with Crippen LogP contribution in [0.15, 0.2) is 72.3 Å². The van der Waals surface area contributed by atoms with Gasteiger partial charge in [0.25, 0.3) is 11.8 Å². The van der Waals surface area contributed by atoms with Crippen LogP contribution in [0.5, 0.6) is 0 Å². The fourth-order valence-electron chi connectivity index (χ4n) is 15.3. The number of carbonyl (C=O) groups excluding carboxylic acids is 13. The number of aliphatic carboxylic acids is 1. The van der Waals surface area contributed by atoms with Crippen LogP contribution in [-0.4, -0.2) is 239 Å². The summed E-state index contributed by atoms with van der Waals surface area (Å²) in [5.74, 6) is -9.18. The maximum Gasteiger partial charge on any atom is 0.411 e. The van der Waals surface area contributed by atoms with Crippen LogP contribution in [-0.2, 0) is 96.1 Å². The summed E-state index contributed by atoms with van der Waals surface area (Å²) in [4.78, 5) is 200. The normalized spacial score (nSPS) is 19.1. The van der Waals surface area contributed by atoms with E-state index in [2.05, 4.69) is 42.2 Å². The number of likely N-dealkylation sites (N-methyl/N-ethyl adjacent to an activating group) is 1. The smallest absolute Gasteiger partial charge is 0.411 e. The molecule has 620 valence electrons. The lowest BCUT2D eigenvalue weighted by Crippen LogP contribution is -2.60. The molecule has 3 fully saturated rings. The van der Waals surface area contributed by atoms with E-state index in [9.17, 15) is 62.6 Å². The number of urea groups is 1. The first kappa shape index (κ1) is 90.3. The van der Waals surface area contributed by atoms with Crippen molar-refractivity contribution in [2.75, 3.05) is 66.5 Å². The molecular formula is C79H114N14O19S. The number of aromatic nitrogens is 1. The number of imide groups is 1. The van der Waals surface area contributed by atoms with Crippen LogP contribution < -0.4 is 43.0 Å². The van der Waals surface area contributed by atoms with Gasteiger partial charge >= 0.3 is 18.1 Å². The molecule has 14 atom stereocenters. The van der Waals surface area contributed by atoms with E-state index < -0.39 is 162 Å². The Morgan fingerprint density at radius 3 is 2.12 bits per heavy atom. The molecule has 3 aliphatic heterocycles. The number of carboxylic acid groups (broad SMARTS) is 1. The number of likely N-dealkylation sites (tertiary alicyclic amines) is 2. The number of carbonyl (C=O) groups is 14. The Hall–Kier alpha value is -9.93. The molecule has 2 bridgehead atoms. The highest BCUT2D eigenvalue weighted by molar-refractivity contribution is 7.09. The molecule has 1 aliphatic carbocycles. The number of fused-ring (bicyclic) bond motifs is 2. The van der Waals surface area contributed by atoms with Crippen molar-refractivity contribution in [2.45, 2.75) is 219 Å². The molecule has 14 amide bonds. The summed E-state index contributed by atoms with van der Waals surface area (Å²) in [5.41, 5.74) is 7.16. The van der Waals surface area contributed by atoms with Gasteiger partial charge in [-0.25, -0.2) is 19.4 Å². The Bertz CT molecular complexity index is 3830. The highest BCUT2D eigenvalue weighted by Crippen LogP contribution is 2.43. The number of hydrogen-bond acceptors (Lipinski definition) is 20. The maximum atomic E-state index is 15.2. The van der Waals surface area contributed by atoms with Crippen LogP contribution in [0.4, 0.5) is 15.3 Å². The molecule has 34 heteroatoms. The highest BCUT2D eigenvalue weighted by Gasteiger charge is 2.53. The number of rotatable bonds is 44. The second-order valence-corrected chi connectivity index (χ2v) is 31.2. The van der Waals surface area contributed by atoms with E-state index in [1.807, 2.05) is 49.6 Å². The van der Waals surface area contributed by atoms with E-state index in [4.69, 9.17) is 24.7 Å². The molecule has 0 unspecified atom stereocenters. The zero-order chi connectivity index (χ0) is 82.9. The molecule has 4 aliphatic rings. The number of piperidine rings is 1. The molecule has 0 spiro atoms. The molecule has 10 N–H and O–H groups in total. The van der Waals surface area contributed by atoms with Crippen molar-refractivity contribution < 1.29 is 91.2 Å². The van der Waals surface area contributed by atoms with Crippen molar-refractivity contribution in [1.82, 2.24) is 61.4 Å². The number of primary amides is 1. The molecule has 0 radical (unpaired) electrons. The van der Waals surface area contributed by atoms with Crippen LogP contribution >= 0.6 is 11.3 Å². The van der Waals surface area contributed by atoms with Crippen LogP contribution in [0, 0.1) is 29.6 Å². The third kappa shape index (κ3) is 25.3. The van der Waals surface area contributed by atoms with Gasteiger partial charge in [0.15, 0.2) is 0 Å². The molecule has 7 rings (SSSR count). The number of amides is 14. The van der Waals surface area contributed by atoms with Crippen molar-refractivity contribution in [2.24, 2.45) is 35.3 Å². The van der Waals surface area contributed by atoms with Gasteiger partial charge in [0.05, 0.1) is 62.4 Å². The zero-order valence-corrected chi connectivity index (χ0v) is 67.6. The molecule has 1 saturated carbocycles. The standard InChI is InChI=1S/C79H114N14O19S/c1-13-47(6)68(60(109-11)42-65(99)91-34-18-22-59(91)70(110-12)48(7)71(100)86-58(75-81-33-38-113-75)39-50-19-15-14-16-20-50)90(10)76(104)67(46(4)5)88-74(103)69-51-24-26-55(41-51)93(69)79(108)112-44-52-23-25-54(40-53(52)43-89(9)62(96)28-27-57(77(105)106)83-49(8)94)84-72(101)56(21-17-32-82-78(80)107)85-73(102)66(45(2)3)87-61(95)31-36-111-37-35-92-63(97)29-30-64(92)98/h14-16,19-20,23,25,29-30,33,38,40,45-48,51,55-60,66-70H,13,17-18,21-22,24,26-28,31-32,34-37,39,41-44H2,1-12H3,(H,83,94)(H,84,101)(H,85,102)(H,86,100)(H,87,95)(H,88,103)(H,105,106)(H3,80,82,107)/t47-,48+,51-,55+,56-,57+,58-,59-,60+,66-,67-,68-,69-,70+/m0/s1. The molecule has 3 aromatic rings. The number of methoxy groups -OCH3 is 2. The van der Waals surface area contributed by atoms with Gasteiger partial charge in [0, 0.05) is 103 Å². The second-order valence-electron chi connectivity index (χ2n) is 30.2. The number of nitrogens with zero attached hydrogens (tertiary/aromatic N) is 6. The van der Waals surface area contributed by atoms with Gasteiger partial charge < -0.3 is 81.7 Å². The summed E-state index contributed by atoms with van der Waals surface area (Å²) in [5, 5.41) is 31.7. The van der Waals surface area contributed by atoms with Crippen LogP contribution in [0.3, 0.4) is 0 Å². The Labute approximate surface area is 664 Å². The van der Waals surface area contributed by atoms with Crippen LogP contribution in [0.2, 0.25) is 0 Å². The molecular weight excluding hydrogens is 1480 g/mol. The van der Waals surface area contributed by atoms with Gasteiger partial charge in [-0.1, -0.05) is 91.3 Å². The van der Waals surface area contributed by atoms with Crippen molar-refractivity contribution in [3.63, 3.8) is 0 Å².